The average Bonchev–Trinajstić information content (AvgIpc) is 2.90. The smallest absolute Gasteiger partial charge is 0.355 e. The van der Waals surface area contributed by atoms with Gasteiger partial charge in [-0.15, -0.1) is 0 Å². The minimum Gasteiger partial charge on any atom is -0.460 e. The Hall–Kier alpha value is -2.60. The van der Waals surface area contributed by atoms with Crippen LogP contribution in [0.3, 0.4) is 0 Å². The number of aromatic nitrogens is 1. The number of hydrogen-bond donors (Lipinski definition) is 2. The molecule has 6 heteroatoms. The molecule has 0 atom stereocenters. The van der Waals surface area contributed by atoms with E-state index in [0.29, 0.717) is 25.3 Å². The Morgan fingerprint density at radius 2 is 2.00 bits per heavy atom. The highest BCUT2D eigenvalue weighted by atomic mass is 16.5. The number of carbonyl (C=O) groups is 2. The fraction of sp³-hybridized carbons (Fsp3) is 0.250. The van der Waals surface area contributed by atoms with Crippen LogP contribution in [0.2, 0.25) is 0 Å². The largest absolute Gasteiger partial charge is 0.460 e. The summed E-state index contributed by atoms with van der Waals surface area (Å²) in [6.45, 7) is 0.954. The molecule has 0 aliphatic rings. The Kier molecular flexibility index (Phi) is 5.32. The molecule has 0 unspecified atom stereocenters. The summed E-state index contributed by atoms with van der Waals surface area (Å²) >= 11 is 0. The van der Waals surface area contributed by atoms with Crippen LogP contribution in [0.4, 0.5) is 5.69 Å². The van der Waals surface area contributed by atoms with E-state index in [0.717, 1.165) is 16.8 Å². The van der Waals surface area contributed by atoms with E-state index in [1.54, 1.807) is 24.7 Å². The van der Waals surface area contributed by atoms with Crippen molar-refractivity contribution < 1.29 is 14.3 Å². The molecular formula is C16H19N3O3. The lowest BCUT2D eigenvalue weighted by Crippen LogP contribution is -2.18. The third-order valence-electron chi connectivity index (χ3n) is 3.24. The molecule has 0 saturated carbocycles. The molecule has 2 rings (SSSR count). The van der Waals surface area contributed by atoms with Crippen molar-refractivity contribution in [3.63, 3.8) is 0 Å². The summed E-state index contributed by atoms with van der Waals surface area (Å²) < 4.78 is 6.92. The molecule has 1 amide bonds. The van der Waals surface area contributed by atoms with Crippen LogP contribution in [0.25, 0.3) is 11.1 Å². The third-order valence-corrected chi connectivity index (χ3v) is 3.24. The normalized spacial score (nSPS) is 10.3. The van der Waals surface area contributed by atoms with E-state index in [1.807, 2.05) is 30.5 Å². The van der Waals surface area contributed by atoms with Gasteiger partial charge in [0.05, 0.1) is 0 Å². The molecule has 6 nitrogen and oxygen atoms in total. The molecule has 22 heavy (non-hydrogen) atoms. The molecule has 0 spiro atoms. The van der Waals surface area contributed by atoms with Gasteiger partial charge in [0, 0.05) is 31.0 Å². The highest BCUT2D eigenvalue weighted by molar-refractivity contribution is 5.90. The maximum atomic E-state index is 12.0. The predicted molar refractivity (Wildman–Crippen MR) is 84.7 cm³/mol. The summed E-state index contributed by atoms with van der Waals surface area (Å²) in [5, 5.41) is 5.50. The van der Waals surface area contributed by atoms with Gasteiger partial charge in [0.25, 0.3) is 0 Å². The Labute approximate surface area is 129 Å². The number of aryl methyl sites for hydroxylation is 1. The van der Waals surface area contributed by atoms with Gasteiger partial charge < -0.3 is 19.9 Å². The van der Waals surface area contributed by atoms with Gasteiger partial charge in [0.2, 0.25) is 6.41 Å². The monoisotopic (exact) mass is 301 g/mol. The van der Waals surface area contributed by atoms with Gasteiger partial charge >= 0.3 is 5.97 Å². The number of esters is 1. The minimum absolute atomic E-state index is 0.335. The number of likely N-dealkylation sites (N-methyl/N-ethyl adjacent to an activating group) is 1. The molecular weight excluding hydrogens is 282 g/mol. The van der Waals surface area contributed by atoms with Gasteiger partial charge in [-0.1, -0.05) is 12.1 Å². The first-order chi connectivity index (χ1) is 10.7. The summed E-state index contributed by atoms with van der Waals surface area (Å²) in [6.07, 6.45) is 2.51. The van der Waals surface area contributed by atoms with Gasteiger partial charge in [-0.3, -0.25) is 4.79 Å². The Balaban J connectivity index is 2.14. The predicted octanol–water partition coefficient (Wildman–Crippen LogP) is 1.64. The number of nitrogens with one attached hydrogen (secondary N) is 2. The maximum Gasteiger partial charge on any atom is 0.355 e. The molecule has 1 heterocycles. The van der Waals surface area contributed by atoms with E-state index in [-0.39, 0.29) is 5.97 Å². The van der Waals surface area contributed by atoms with Crippen LogP contribution in [-0.2, 0) is 16.6 Å². The number of hydrogen-bond acceptors (Lipinski definition) is 4. The summed E-state index contributed by atoms with van der Waals surface area (Å²) in [6, 6.07) is 9.18. The van der Waals surface area contributed by atoms with Crippen molar-refractivity contribution in [2.24, 2.45) is 7.05 Å². The zero-order valence-corrected chi connectivity index (χ0v) is 12.6. The highest BCUT2D eigenvalue weighted by Gasteiger charge is 2.13. The SMILES string of the molecule is CNCCOC(=O)c1cc(-c2ccc(NC=O)cc2)cn1C. The number of rotatable bonds is 7. The number of carbonyl (C=O) groups excluding carboxylic acids is 2. The van der Waals surface area contributed by atoms with Gasteiger partial charge in [-0.25, -0.2) is 4.79 Å². The van der Waals surface area contributed by atoms with E-state index in [4.69, 9.17) is 4.74 Å². The maximum absolute atomic E-state index is 12.0. The molecule has 0 radical (unpaired) electrons. The van der Waals surface area contributed by atoms with Crippen molar-refractivity contribution in [2.75, 3.05) is 25.5 Å². The number of anilines is 1. The fourth-order valence-corrected chi connectivity index (χ4v) is 2.07. The third kappa shape index (κ3) is 3.73. The number of amides is 1. The first-order valence-electron chi connectivity index (χ1n) is 6.94. The van der Waals surface area contributed by atoms with Crippen LogP contribution in [0, 0.1) is 0 Å². The zero-order chi connectivity index (χ0) is 15.9. The van der Waals surface area contributed by atoms with Gasteiger partial charge in [-0.2, -0.15) is 0 Å². The lowest BCUT2D eigenvalue weighted by Gasteiger charge is -2.04. The quantitative estimate of drug-likeness (QED) is 0.463. The van der Waals surface area contributed by atoms with Crippen molar-refractivity contribution >= 4 is 18.1 Å². The first-order valence-corrected chi connectivity index (χ1v) is 6.94. The van der Waals surface area contributed by atoms with Crippen LogP contribution in [0.5, 0.6) is 0 Å². The molecule has 1 aromatic carbocycles. The van der Waals surface area contributed by atoms with Crippen LogP contribution in [0.1, 0.15) is 10.5 Å². The van der Waals surface area contributed by atoms with Crippen LogP contribution < -0.4 is 10.6 Å². The van der Waals surface area contributed by atoms with Crippen molar-refractivity contribution in [1.82, 2.24) is 9.88 Å². The molecule has 0 saturated heterocycles. The Bertz CT molecular complexity index is 647. The number of ether oxygens (including phenoxy) is 1. The number of nitrogens with zero attached hydrogens (tertiary/aromatic N) is 1. The molecule has 0 aliphatic carbocycles. The van der Waals surface area contributed by atoms with Crippen LogP contribution in [0.15, 0.2) is 36.5 Å². The number of benzene rings is 1. The van der Waals surface area contributed by atoms with E-state index in [1.165, 1.54) is 0 Å². The summed E-state index contributed by atoms with van der Waals surface area (Å²) in [7, 11) is 3.61. The van der Waals surface area contributed by atoms with Crippen LogP contribution in [-0.4, -0.2) is 37.1 Å². The standard InChI is InChI=1S/C16H19N3O3/c1-17-7-8-22-16(21)15-9-13(10-19(15)2)12-3-5-14(6-4-12)18-11-20/h3-6,9-11,17H,7-8H2,1-2H3,(H,18,20). The average molecular weight is 301 g/mol. The Morgan fingerprint density at radius 1 is 1.27 bits per heavy atom. The molecule has 0 bridgehead atoms. The fourth-order valence-electron chi connectivity index (χ4n) is 2.07. The van der Waals surface area contributed by atoms with E-state index < -0.39 is 0 Å². The first kappa shape index (κ1) is 15.8. The topological polar surface area (TPSA) is 72.4 Å². The van der Waals surface area contributed by atoms with E-state index in [9.17, 15) is 9.59 Å². The van der Waals surface area contributed by atoms with Crippen molar-refractivity contribution in [2.45, 2.75) is 0 Å². The lowest BCUT2D eigenvalue weighted by molar-refractivity contribution is -0.105. The molecule has 2 N–H and O–H groups in total. The van der Waals surface area contributed by atoms with E-state index >= 15 is 0 Å². The summed E-state index contributed by atoms with van der Waals surface area (Å²) in [4.78, 5) is 22.4. The van der Waals surface area contributed by atoms with Crippen LogP contribution >= 0.6 is 0 Å². The summed E-state index contributed by atoms with van der Waals surface area (Å²) in [5.74, 6) is -0.344. The second kappa shape index (κ2) is 7.42. The van der Waals surface area contributed by atoms with Crippen molar-refractivity contribution in [3.8, 4) is 11.1 Å². The Morgan fingerprint density at radius 3 is 2.64 bits per heavy atom. The van der Waals surface area contributed by atoms with Crippen molar-refractivity contribution in [1.29, 1.82) is 0 Å². The summed E-state index contributed by atoms with van der Waals surface area (Å²) in [5.41, 5.74) is 3.10. The van der Waals surface area contributed by atoms with Crippen molar-refractivity contribution in [3.05, 3.63) is 42.2 Å². The second-order valence-electron chi connectivity index (χ2n) is 4.80. The lowest BCUT2D eigenvalue weighted by atomic mass is 10.1. The molecule has 0 fully saturated rings. The molecule has 2 aromatic rings. The van der Waals surface area contributed by atoms with Gasteiger partial charge in [0.1, 0.15) is 12.3 Å². The highest BCUT2D eigenvalue weighted by Crippen LogP contribution is 2.23. The zero-order valence-electron chi connectivity index (χ0n) is 12.6. The molecule has 1 aromatic heterocycles. The second-order valence-corrected chi connectivity index (χ2v) is 4.80. The van der Waals surface area contributed by atoms with E-state index in [2.05, 4.69) is 10.6 Å². The van der Waals surface area contributed by atoms with Gasteiger partial charge in [-0.05, 0) is 30.8 Å². The van der Waals surface area contributed by atoms with Gasteiger partial charge in [0.15, 0.2) is 0 Å². The molecule has 116 valence electrons. The molecule has 0 aliphatic heterocycles. The minimum atomic E-state index is -0.344.